The molecule has 0 aromatic heterocycles. The van der Waals surface area contributed by atoms with Gasteiger partial charge >= 0.3 is 0 Å². The molecule has 6 heteroatoms. The van der Waals surface area contributed by atoms with Crippen LogP contribution in [0.1, 0.15) is 44.6 Å². The first kappa shape index (κ1) is 19.6. The maximum atomic E-state index is 13.0. The summed E-state index contributed by atoms with van der Waals surface area (Å²) in [6.45, 7) is 4.59. The van der Waals surface area contributed by atoms with E-state index in [1.165, 1.54) is 9.87 Å². The second-order valence-electron chi connectivity index (χ2n) is 7.21. The van der Waals surface area contributed by atoms with Crippen LogP contribution < -0.4 is 5.32 Å². The molecule has 0 saturated carbocycles. The maximum absolute atomic E-state index is 13.0. The number of anilines is 1. The van der Waals surface area contributed by atoms with E-state index in [4.69, 9.17) is 0 Å². The third-order valence-corrected chi connectivity index (χ3v) is 6.87. The summed E-state index contributed by atoms with van der Waals surface area (Å²) in [7, 11) is -3.69. The van der Waals surface area contributed by atoms with Crippen LogP contribution in [0.5, 0.6) is 0 Å². The lowest BCUT2D eigenvalue weighted by atomic mass is 10.0. The van der Waals surface area contributed by atoms with Crippen LogP contribution in [0.15, 0.2) is 59.5 Å². The van der Waals surface area contributed by atoms with Gasteiger partial charge in [-0.1, -0.05) is 50.6 Å². The van der Waals surface area contributed by atoms with Gasteiger partial charge < -0.3 is 5.32 Å². The Morgan fingerprint density at radius 3 is 2.33 bits per heavy atom. The second-order valence-corrected chi connectivity index (χ2v) is 9.10. The topological polar surface area (TPSA) is 66.5 Å². The number of carbonyl (C=O) groups is 1. The number of rotatable bonds is 5. The molecule has 1 aliphatic heterocycles. The molecule has 2 aromatic carbocycles. The van der Waals surface area contributed by atoms with Crippen LogP contribution in [0.2, 0.25) is 0 Å². The highest BCUT2D eigenvalue weighted by Crippen LogP contribution is 2.26. The summed E-state index contributed by atoms with van der Waals surface area (Å²) in [6, 6.07) is 15.3. The zero-order valence-electron chi connectivity index (χ0n) is 15.8. The van der Waals surface area contributed by atoms with E-state index in [1.807, 2.05) is 24.3 Å². The van der Waals surface area contributed by atoms with Gasteiger partial charge in [-0.25, -0.2) is 8.42 Å². The van der Waals surface area contributed by atoms with Crippen molar-refractivity contribution >= 4 is 21.6 Å². The highest BCUT2D eigenvalue weighted by Gasteiger charge is 2.37. The minimum atomic E-state index is -3.69. The van der Waals surface area contributed by atoms with Crippen molar-refractivity contribution in [2.24, 2.45) is 0 Å². The Bertz CT molecular complexity index is 877. The number of hydrogen-bond acceptors (Lipinski definition) is 3. The first-order valence-corrected chi connectivity index (χ1v) is 10.8. The summed E-state index contributed by atoms with van der Waals surface area (Å²) in [5.74, 6) is 0.145. The van der Waals surface area contributed by atoms with Gasteiger partial charge in [0.1, 0.15) is 6.04 Å². The van der Waals surface area contributed by atoms with Crippen molar-refractivity contribution in [1.82, 2.24) is 4.31 Å². The van der Waals surface area contributed by atoms with E-state index in [-0.39, 0.29) is 10.8 Å². The van der Waals surface area contributed by atoms with E-state index >= 15 is 0 Å². The van der Waals surface area contributed by atoms with Gasteiger partial charge in [-0.15, -0.1) is 0 Å². The Hall–Kier alpha value is -2.18. The fourth-order valence-electron chi connectivity index (χ4n) is 3.36. The van der Waals surface area contributed by atoms with Crippen LogP contribution in [0.4, 0.5) is 5.69 Å². The number of carbonyl (C=O) groups excluding carboxylic acids is 1. The molecule has 3 rings (SSSR count). The fourth-order valence-corrected chi connectivity index (χ4v) is 5.04. The van der Waals surface area contributed by atoms with Crippen molar-refractivity contribution in [3.8, 4) is 0 Å². The molecule has 0 radical (unpaired) electrons. The molecule has 1 atom stereocenters. The van der Waals surface area contributed by atoms with Crippen LogP contribution in [-0.2, 0) is 14.8 Å². The van der Waals surface area contributed by atoms with Crippen molar-refractivity contribution in [3.63, 3.8) is 0 Å². The van der Waals surface area contributed by atoms with E-state index in [9.17, 15) is 13.2 Å². The van der Waals surface area contributed by atoms with Crippen LogP contribution in [0.25, 0.3) is 0 Å². The minimum absolute atomic E-state index is 0.228. The van der Waals surface area contributed by atoms with Gasteiger partial charge in [-0.2, -0.15) is 4.31 Å². The molecule has 1 unspecified atom stereocenters. The van der Waals surface area contributed by atoms with E-state index < -0.39 is 16.1 Å². The SMILES string of the molecule is CC(C)c1ccc(NC(=O)C2CCCCN2S(=O)(=O)c2ccccc2)cc1. The van der Waals surface area contributed by atoms with E-state index in [0.717, 1.165) is 12.8 Å². The van der Waals surface area contributed by atoms with Crippen LogP contribution in [-0.4, -0.2) is 31.2 Å². The third-order valence-electron chi connectivity index (χ3n) is 4.95. The fraction of sp³-hybridized carbons (Fsp3) is 0.381. The minimum Gasteiger partial charge on any atom is -0.325 e. The molecule has 0 aliphatic carbocycles. The van der Waals surface area contributed by atoms with Gasteiger partial charge in [0.05, 0.1) is 4.90 Å². The van der Waals surface area contributed by atoms with Crippen LogP contribution in [0.3, 0.4) is 0 Å². The van der Waals surface area contributed by atoms with Gasteiger partial charge in [0.25, 0.3) is 0 Å². The van der Waals surface area contributed by atoms with Crippen molar-refractivity contribution in [2.75, 3.05) is 11.9 Å². The number of benzene rings is 2. The first-order chi connectivity index (χ1) is 12.9. The summed E-state index contributed by atoms with van der Waals surface area (Å²) in [5.41, 5.74) is 1.88. The smallest absolute Gasteiger partial charge is 0.243 e. The third kappa shape index (κ3) is 4.39. The number of hydrogen-bond donors (Lipinski definition) is 1. The summed E-state index contributed by atoms with van der Waals surface area (Å²) in [4.78, 5) is 13.1. The quantitative estimate of drug-likeness (QED) is 0.845. The molecule has 144 valence electrons. The lowest BCUT2D eigenvalue weighted by molar-refractivity contribution is -0.120. The molecule has 1 heterocycles. The predicted octanol–water partition coefficient (Wildman–Crippen LogP) is 3.99. The van der Waals surface area contributed by atoms with Gasteiger partial charge in [-0.3, -0.25) is 4.79 Å². The van der Waals surface area contributed by atoms with E-state index in [1.54, 1.807) is 30.3 Å². The molecular weight excluding hydrogens is 360 g/mol. The Labute approximate surface area is 161 Å². The summed E-state index contributed by atoms with van der Waals surface area (Å²) >= 11 is 0. The molecule has 1 amide bonds. The molecule has 0 spiro atoms. The van der Waals surface area contributed by atoms with Crippen molar-refractivity contribution in [3.05, 3.63) is 60.2 Å². The number of nitrogens with one attached hydrogen (secondary N) is 1. The number of nitrogens with zero attached hydrogens (tertiary/aromatic N) is 1. The van der Waals surface area contributed by atoms with Crippen molar-refractivity contribution < 1.29 is 13.2 Å². The lowest BCUT2D eigenvalue weighted by Gasteiger charge is -2.33. The predicted molar refractivity (Wildman–Crippen MR) is 107 cm³/mol. The molecule has 1 fully saturated rings. The highest BCUT2D eigenvalue weighted by atomic mass is 32.2. The Kier molecular flexibility index (Phi) is 5.97. The number of sulfonamides is 1. The lowest BCUT2D eigenvalue weighted by Crippen LogP contribution is -2.49. The molecule has 2 aromatic rings. The average molecular weight is 387 g/mol. The van der Waals surface area contributed by atoms with Gasteiger partial charge in [-0.05, 0) is 48.6 Å². The Morgan fingerprint density at radius 2 is 1.70 bits per heavy atom. The Balaban J connectivity index is 1.79. The molecule has 1 N–H and O–H groups in total. The van der Waals surface area contributed by atoms with Gasteiger partial charge in [0, 0.05) is 12.2 Å². The van der Waals surface area contributed by atoms with E-state index in [0.29, 0.717) is 24.6 Å². The van der Waals surface area contributed by atoms with Crippen LogP contribution in [0, 0.1) is 0 Å². The van der Waals surface area contributed by atoms with E-state index in [2.05, 4.69) is 19.2 Å². The molecule has 27 heavy (non-hydrogen) atoms. The molecule has 1 saturated heterocycles. The largest absolute Gasteiger partial charge is 0.325 e. The number of piperidine rings is 1. The maximum Gasteiger partial charge on any atom is 0.243 e. The van der Waals surface area contributed by atoms with Crippen molar-refractivity contribution in [1.29, 1.82) is 0 Å². The normalized spacial score (nSPS) is 18.4. The van der Waals surface area contributed by atoms with Crippen LogP contribution >= 0.6 is 0 Å². The number of amides is 1. The first-order valence-electron chi connectivity index (χ1n) is 9.37. The highest BCUT2D eigenvalue weighted by molar-refractivity contribution is 7.89. The van der Waals surface area contributed by atoms with Crippen molar-refractivity contribution in [2.45, 2.75) is 50.0 Å². The monoisotopic (exact) mass is 386 g/mol. The molecule has 5 nitrogen and oxygen atoms in total. The zero-order chi connectivity index (χ0) is 19.4. The van der Waals surface area contributed by atoms with Gasteiger partial charge in [0.15, 0.2) is 0 Å². The molecule has 0 bridgehead atoms. The van der Waals surface area contributed by atoms with Gasteiger partial charge in [0.2, 0.25) is 15.9 Å². The Morgan fingerprint density at radius 1 is 1.04 bits per heavy atom. The molecular formula is C21H26N2O3S. The zero-order valence-corrected chi connectivity index (χ0v) is 16.6. The average Bonchev–Trinajstić information content (AvgIpc) is 2.69. The second kappa shape index (κ2) is 8.23. The standard InChI is InChI=1S/C21H26N2O3S/c1-16(2)17-11-13-18(14-12-17)22-21(24)20-10-6-7-15-23(20)27(25,26)19-8-4-3-5-9-19/h3-5,8-9,11-14,16,20H,6-7,10,15H2,1-2H3,(H,22,24). The summed E-state index contributed by atoms with van der Waals surface area (Å²) < 4.78 is 27.4. The molecule has 1 aliphatic rings. The summed E-state index contributed by atoms with van der Waals surface area (Å²) in [5, 5.41) is 2.89. The summed E-state index contributed by atoms with van der Waals surface area (Å²) in [6.07, 6.45) is 2.13.